The molecule has 0 aliphatic heterocycles. The van der Waals surface area contributed by atoms with Crippen LogP contribution in [0.1, 0.15) is 91.4 Å². The fourth-order valence-electron chi connectivity index (χ4n) is 2.47. The van der Waals surface area contributed by atoms with Crippen LogP contribution in [-0.4, -0.2) is 6.04 Å². The molecule has 0 heterocycles. The van der Waals surface area contributed by atoms with E-state index in [9.17, 15) is 0 Å². The van der Waals surface area contributed by atoms with Crippen molar-refractivity contribution in [3.05, 3.63) is 0 Å². The van der Waals surface area contributed by atoms with Gasteiger partial charge in [-0.3, -0.25) is 0 Å². The zero-order valence-corrected chi connectivity index (χ0v) is 12.5. The molecule has 0 bridgehead atoms. The van der Waals surface area contributed by atoms with Gasteiger partial charge < -0.3 is 5.73 Å². The van der Waals surface area contributed by atoms with Crippen LogP contribution < -0.4 is 5.73 Å². The zero-order valence-electron chi connectivity index (χ0n) is 12.5. The van der Waals surface area contributed by atoms with E-state index in [1.165, 1.54) is 70.6 Å². The summed E-state index contributed by atoms with van der Waals surface area (Å²) in [6.07, 6.45) is 15.1. The summed E-state index contributed by atoms with van der Waals surface area (Å²) in [5, 5.41) is 0. The van der Waals surface area contributed by atoms with Crippen molar-refractivity contribution in [1.82, 2.24) is 0 Å². The van der Waals surface area contributed by atoms with Crippen LogP contribution in [0.2, 0.25) is 0 Å². The molecule has 0 unspecified atom stereocenters. The van der Waals surface area contributed by atoms with Gasteiger partial charge in [0.15, 0.2) is 0 Å². The molecule has 1 fully saturated rings. The van der Waals surface area contributed by atoms with E-state index in [-0.39, 0.29) is 0 Å². The lowest BCUT2D eigenvalue weighted by atomic mass is 9.83. The Bertz CT molecular complexity index is 130. The fraction of sp³-hybridized carbons (Fsp3) is 1.00. The molecular formula is C16H35N. The highest BCUT2D eigenvalue weighted by molar-refractivity contribution is 4.73. The first-order valence-electron chi connectivity index (χ1n) is 8.00. The third-order valence-corrected chi connectivity index (χ3v) is 3.81. The summed E-state index contributed by atoms with van der Waals surface area (Å²) in [5.74, 6) is 1.01. The van der Waals surface area contributed by atoms with E-state index in [0.717, 1.165) is 5.92 Å². The Morgan fingerprint density at radius 1 is 0.765 bits per heavy atom. The Morgan fingerprint density at radius 2 is 1.24 bits per heavy atom. The molecule has 0 aromatic heterocycles. The second-order valence-corrected chi connectivity index (χ2v) is 5.63. The molecule has 0 amide bonds. The standard InChI is InChI=1S/C10H21N.C6H14/c1-2-3-4-9-5-7-10(11)8-6-9;1-3-5-6-4-2/h9-10H,2-8,11H2,1H3;3-6H2,1-2H3. The molecule has 0 saturated heterocycles. The molecule has 1 heteroatoms. The molecule has 104 valence electrons. The lowest BCUT2D eigenvalue weighted by molar-refractivity contribution is 0.305. The third-order valence-electron chi connectivity index (χ3n) is 3.81. The van der Waals surface area contributed by atoms with Gasteiger partial charge in [0.1, 0.15) is 0 Å². The van der Waals surface area contributed by atoms with E-state index in [1.807, 2.05) is 0 Å². The van der Waals surface area contributed by atoms with Gasteiger partial charge in [-0.15, -0.1) is 0 Å². The van der Waals surface area contributed by atoms with Crippen molar-refractivity contribution in [1.29, 1.82) is 0 Å². The highest BCUT2D eigenvalue weighted by Crippen LogP contribution is 2.27. The SMILES string of the molecule is CCCCC1CCC(N)CC1.CCCCCC. The van der Waals surface area contributed by atoms with Crippen molar-refractivity contribution in [2.45, 2.75) is 97.4 Å². The van der Waals surface area contributed by atoms with E-state index in [4.69, 9.17) is 5.73 Å². The van der Waals surface area contributed by atoms with Gasteiger partial charge in [-0.1, -0.05) is 65.7 Å². The number of hydrogen-bond donors (Lipinski definition) is 1. The van der Waals surface area contributed by atoms with Crippen LogP contribution in [0.25, 0.3) is 0 Å². The molecule has 0 aromatic carbocycles. The summed E-state index contributed by atoms with van der Waals surface area (Å²) >= 11 is 0. The van der Waals surface area contributed by atoms with Crippen LogP contribution in [0.4, 0.5) is 0 Å². The molecule has 1 rings (SSSR count). The summed E-state index contributed by atoms with van der Waals surface area (Å²) in [7, 11) is 0. The summed E-state index contributed by atoms with van der Waals surface area (Å²) < 4.78 is 0. The van der Waals surface area contributed by atoms with Crippen molar-refractivity contribution in [3.63, 3.8) is 0 Å². The lowest BCUT2D eigenvalue weighted by Crippen LogP contribution is -2.26. The molecule has 2 N–H and O–H groups in total. The molecule has 0 spiro atoms. The number of hydrogen-bond acceptors (Lipinski definition) is 1. The minimum absolute atomic E-state index is 0.521. The first kappa shape index (κ1) is 17.0. The Hall–Kier alpha value is -0.0400. The number of rotatable bonds is 6. The van der Waals surface area contributed by atoms with Gasteiger partial charge in [-0.25, -0.2) is 0 Å². The number of unbranched alkanes of at least 4 members (excludes halogenated alkanes) is 4. The molecule has 17 heavy (non-hydrogen) atoms. The maximum atomic E-state index is 5.83. The van der Waals surface area contributed by atoms with Crippen molar-refractivity contribution in [3.8, 4) is 0 Å². The van der Waals surface area contributed by atoms with Gasteiger partial charge in [0.2, 0.25) is 0 Å². The highest BCUT2D eigenvalue weighted by Gasteiger charge is 2.17. The third kappa shape index (κ3) is 10.8. The molecule has 1 saturated carbocycles. The first-order valence-corrected chi connectivity index (χ1v) is 8.00. The first-order chi connectivity index (χ1) is 8.24. The van der Waals surface area contributed by atoms with E-state index in [1.54, 1.807) is 0 Å². The predicted molar refractivity (Wildman–Crippen MR) is 79.3 cm³/mol. The monoisotopic (exact) mass is 241 g/mol. The van der Waals surface area contributed by atoms with Crippen molar-refractivity contribution in [2.75, 3.05) is 0 Å². The highest BCUT2D eigenvalue weighted by atomic mass is 14.6. The van der Waals surface area contributed by atoms with E-state index in [0.29, 0.717) is 6.04 Å². The molecule has 0 radical (unpaired) electrons. The normalized spacial score (nSPS) is 24.0. The summed E-state index contributed by atoms with van der Waals surface area (Å²) in [6, 6.07) is 0.521. The van der Waals surface area contributed by atoms with Gasteiger partial charge >= 0.3 is 0 Å². The second kappa shape index (κ2) is 12.4. The minimum atomic E-state index is 0.521. The van der Waals surface area contributed by atoms with Gasteiger partial charge in [-0.05, 0) is 31.6 Å². The summed E-state index contributed by atoms with van der Waals surface area (Å²) in [5.41, 5.74) is 5.83. The summed E-state index contributed by atoms with van der Waals surface area (Å²) in [6.45, 7) is 6.74. The fourth-order valence-corrected chi connectivity index (χ4v) is 2.47. The topological polar surface area (TPSA) is 26.0 Å². The lowest BCUT2D eigenvalue weighted by Gasteiger charge is -2.25. The van der Waals surface area contributed by atoms with Crippen LogP contribution in [0.3, 0.4) is 0 Å². The predicted octanol–water partition coefficient (Wildman–Crippen LogP) is 5.28. The van der Waals surface area contributed by atoms with Gasteiger partial charge in [0.25, 0.3) is 0 Å². The van der Waals surface area contributed by atoms with E-state index in [2.05, 4.69) is 20.8 Å². The average Bonchev–Trinajstić information content (AvgIpc) is 2.36. The Kier molecular flexibility index (Phi) is 12.4. The molecule has 1 aliphatic carbocycles. The number of nitrogens with two attached hydrogens (primary N) is 1. The molecule has 0 aromatic rings. The van der Waals surface area contributed by atoms with Crippen molar-refractivity contribution in [2.24, 2.45) is 11.7 Å². The van der Waals surface area contributed by atoms with Gasteiger partial charge in [-0.2, -0.15) is 0 Å². The Labute approximate surface area is 110 Å². The van der Waals surface area contributed by atoms with Crippen molar-refractivity contribution >= 4 is 0 Å². The van der Waals surface area contributed by atoms with Crippen LogP contribution in [0.15, 0.2) is 0 Å². The molecule has 0 atom stereocenters. The molecule has 1 nitrogen and oxygen atoms in total. The maximum Gasteiger partial charge on any atom is 0.00390 e. The maximum absolute atomic E-state index is 5.83. The molecule has 1 aliphatic rings. The Morgan fingerprint density at radius 3 is 1.65 bits per heavy atom. The second-order valence-electron chi connectivity index (χ2n) is 5.63. The van der Waals surface area contributed by atoms with E-state index < -0.39 is 0 Å². The smallest absolute Gasteiger partial charge is 0.00390 e. The van der Waals surface area contributed by atoms with Crippen LogP contribution >= 0.6 is 0 Å². The average molecular weight is 241 g/mol. The summed E-state index contributed by atoms with van der Waals surface area (Å²) in [4.78, 5) is 0. The van der Waals surface area contributed by atoms with Crippen molar-refractivity contribution < 1.29 is 0 Å². The zero-order chi connectivity index (χ0) is 12.9. The van der Waals surface area contributed by atoms with Gasteiger partial charge in [0.05, 0.1) is 0 Å². The van der Waals surface area contributed by atoms with Crippen LogP contribution in [-0.2, 0) is 0 Å². The Balaban J connectivity index is 0.000000366. The van der Waals surface area contributed by atoms with Crippen LogP contribution in [0.5, 0.6) is 0 Å². The molecular weight excluding hydrogens is 206 g/mol. The van der Waals surface area contributed by atoms with Crippen LogP contribution in [0, 0.1) is 5.92 Å². The van der Waals surface area contributed by atoms with E-state index >= 15 is 0 Å². The minimum Gasteiger partial charge on any atom is -0.328 e. The van der Waals surface area contributed by atoms with Gasteiger partial charge in [0, 0.05) is 6.04 Å². The largest absolute Gasteiger partial charge is 0.328 e. The quantitative estimate of drug-likeness (QED) is 0.629.